The number of benzene rings is 2. The molecule has 0 atom stereocenters. The summed E-state index contributed by atoms with van der Waals surface area (Å²) in [6, 6.07) is 15.3. The minimum atomic E-state index is 0.209. The third-order valence-corrected chi connectivity index (χ3v) is 3.30. The zero-order chi connectivity index (χ0) is 15.4. The van der Waals surface area contributed by atoms with E-state index in [0.29, 0.717) is 5.95 Å². The molecule has 0 aliphatic rings. The molecule has 4 nitrogen and oxygen atoms in total. The van der Waals surface area contributed by atoms with Crippen LogP contribution in [0.3, 0.4) is 0 Å². The maximum Gasteiger partial charge on any atom is 0.227 e. The first-order valence-corrected chi connectivity index (χ1v) is 7.11. The number of rotatable bonds is 4. The van der Waals surface area contributed by atoms with Crippen LogP contribution < -0.4 is 5.32 Å². The highest BCUT2D eigenvalue weighted by atomic mass is 16.3. The van der Waals surface area contributed by atoms with Gasteiger partial charge in [0, 0.05) is 30.6 Å². The fraction of sp³-hybridized carbons (Fsp3) is 0.111. The molecule has 4 heteroatoms. The van der Waals surface area contributed by atoms with Crippen LogP contribution in [-0.2, 0) is 6.42 Å². The minimum Gasteiger partial charge on any atom is -0.508 e. The molecular weight excluding hydrogens is 274 g/mol. The second kappa shape index (κ2) is 6.26. The van der Waals surface area contributed by atoms with Gasteiger partial charge in [-0.1, -0.05) is 35.9 Å². The first-order valence-electron chi connectivity index (χ1n) is 7.11. The summed E-state index contributed by atoms with van der Waals surface area (Å²) >= 11 is 0. The number of phenols is 1. The van der Waals surface area contributed by atoms with E-state index in [0.717, 1.165) is 17.7 Å². The monoisotopic (exact) mass is 291 g/mol. The summed E-state index contributed by atoms with van der Waals surface area (Å²) in [5.74, 6) is 0.722. The van der Waals surface area contributed by atoms with E-state index in [9.17, 15) is 5.11 Å². The van der Waals surface area contributed by atoms with Crippen molar-refractivity contribution >= 4 is 11.6 Å². The van der Waals surface area contributed by atoms with E-state index < -0.39 is 0 Å². The number of aromatic hydroxyl groups is 1. The Morgan fingerprint density at radius 3 is 2.45 bits per heavy atom. The van der Waals surface area contributed by atoms with E-state index >= 15 is 0 Å². The maximum absolute atomic E-state index is 9.44. The summed E-state index contributed by atoms with van der Waals surface area (Å²) in [6.07, 6.45) is 4.45. The first kappa shape index (κ1) is 14.1. The standard InChI is InChI=1S/C18H17N3O/c1-13-4-2-5-14(8-13)9-15-11-19-18(20-12-15)21-16-6-3-7-17(22)10-16/h2-8,10-12,22H,9H2,1H3,(H,19,20,21). The molecule has 0 radical (unpaired) electrons. The predicted molar refractivity (Wildman–Crippen MR) is 87.4 cm³/mol. The van der Waals surface area contributed by atoms with Crippen LogP contribution in [0, 0.1) is 6.92 Å². The van der Waals surface area contributed by atoms with Gasteiger partial charge in [-0.15, -0.1) is 0 Å². The lowest BCUT2D eigenvalue weighted by Gasteiger charge is -2.06. The maximum atomic E-state index is 9.44. The molecule has 2 aromatic carbocycles. The lowest BCUT2D eigenvalue weighted by atomic mass is 10.1. The molecule has 0 aliphatic heterocycles. The quantitative estimate of drug-likeness (QED) is 0.767. The second-order valence-electron chi connectivity index (χ2n) is 5.26. The molecule has 3 aromatic rings. The van der Waals surface area contributed by atoms with E-state index in [1.165, 1.54) is 11.1 Å². The highest BCUT2D eigenvalue weighted by molar-refractivity contribution is 5.55. The molecule has 22 heavy (non-hydrogen) atoms. The Hall–Kier alpha value is -2.88. The molecule has 2 N–H and O–H groups in total. The molecule has 0 saturated heterocycles. The summed E-state index contributed by atoms with van der Waals surface area (Å²) < 4.78 is 0. The number of nitrogens with one attached hydrogen (secondary N) is 1. The fourth-order valence-corrected chi connectivity index (χ4v) is 2.28. The third kappa shape index (κ3) is 3.61. The van der Waals surface area contributed by atoms with Crippen LogP contribution in [0.15, 0.2) is 60.9 Å². The smallest absolute Gasteiger partial charge is 0.227 e. The van der Waals surface area contributed by atoms with Gasteiger partial charge in [0.1, 0.15) is 5.75 Å². The number of nitrogens with zero attached hydrogens (tertiary/aromatic N) is 2. The van der Waals surface area contributed by atoms with Crippen molar-refractivity contribution in [3.8, 4) is 5.75 Å². The summed E-state index contributed by atoms with van der Waals surface area (Å²) in [5, 5.41) is 12.5. The fourth-order valence-electron chi connectivity index (χ4n) is 2.28. The van der Waals surface area contributed by atoms with Crippen LogP contribution in [0.25, 0.3) is 0 Å². The van der Waals surface area contributed by atoms with Crippen molar-refractivity contribution < 1.29 is 5.11 Å². The van der Waals surface area contributed by atoms with Gasteiger partial charge in [-0.05, 0) is 30.2 Å². The molecule has 1 aromatic heterocycles. The molecule has 0 fully saturated rings. The zero-order valence-corrected chi connectivity index (χ0v) is 12.3. The van der Waals surface area contributed by atoms with Gasteiger partial charge in [0.15, 0.2) is 0 Å². The van der Waals surface area contributed by atoms with Gasteiger partial charge in [-0.2, -0.15) is 0 Å². The Bertz CT molecular complexity index is 703. The Balaban J connectivity index is 1.70. The average Bonchev–Trinajstić information content (AvgIpc) is 2.49. The average molecular weight is 291 g/mol. The largest absolute Gasteiger partial charge is 0.508 e. The molecule has 0 saturated carbocycles. The van der Waals surface area contributed by atoms with Gasteiger partial charge in [0.05, 0.1) is 0 Å². The molecule has 0 aliphatic carbocycles. The molecule has 1 heterocycles. The number of aryl methyl sites for hydroxylation is 1. The number of aromatic nitrogens is 2. The number of hydrogen-bond donors (Lipinski definition) is 2. The lowest BCUT2D eigenvalue weighted by Crippen LogP contribution is -1.98. The zero-order valence-electron chi connectivity index (χ0n) is 12.3. The Kier molecular flexibility index (Phi) is 4.01. The van der Waals surface area contributed by atoms with Crippen LogP contribution in [-0.4, -0.2) is 15.1 Å². The van der Waals surface area contributed by atoms with E-state index in [4.69, 9.17) is 0 Å². The summed E-state index contributed by atoms with van der Waals surface area (Å²) in [6.45, 7) is 2.09. The Morgan fingerprint density at radius 2 is 1.73 bits per heavy atom. The molecule has 3 rings (SSSR count). The van der Waals surface area contributed by atoms with E-state index in [1.807, 2.05) is 18.5 Å². The normalized spacial score (nSPS) is 10.4. The van der Waals surface area contributed by atoms with Crippen molar-refractivity contribution in [2.24, 2.45) is 0 Å². The third-order valence-electron chi connectivity index (χ3n) is 3.30. The Labute approximate surface area is 129 Å². The van der Waals surface area contributed by atoms with E-state index in [1.54, 1.807) is 18.2 Å². The van der Waals surface area contributed by atoms with Gasteiger partial charge < -0.3 is 10.4 Å². The first-order chi connectivity index (χ1) is 10.7. The Morgan fingerprint density at radius 1 is 0.955 bits per heavy atom. The molecule has 0 amide bonds. The molecule has 0 unspecified atom stereocenters. The van der Waals surface area contributed by atoms with Crippen molar-refractivity contribution in [2.75, 3.05) is 5.32 Å². The summed E-state index contributed by atoms with van der Waals surface area (Å²) in [7, 11) is 0. The SMILES string of the molecule is Cc1cccc(Cc2cnc(Nc3cccc(O)c3)nc2)c1. The summed E-state index contributed by atoms with van der Waals surface area (Å²) in [4.78, 5) is 8.64. The van der Waals surface area contributed by atoms with E-state index in [-0.39, 0.29) is 5.75 Å². The minimum absolute atomic E-state index is 0.209. The van der Waals surface area contributed by atoms with Crippen LogP contribution in [0.5, 0.6) is 5.75 Å². The predicted octanol–water partition coefficient (Wildman–Crippen LogP) is 3.83. The van der Waals surface area contributed by atoms with Crippen LogP contribution in [0.4, 0.5) is 11.6 Å². The van der Waals surface area contributed by atoms with Crippen molar-refractivity contribution in [2.45, 2.75) is 13.3 Å². The molecular formula is C18H17N3O. The van der Waals surface area contributed by atoms with Gasteiger partial charge in [0.2, 0.25) is 5.95 Å². The molecule has 0 bridgehead atoms. The van der Waals surface area contributed by atoms with Crippen LogP contribution in [0.2, 0.25) is 0 Å². The highest BCUT2D eigenvalue weighted by Gasteiger charge is 2.01. The molecule has 110 valence electrons. The summed E-state index contributed by atoms with van der Waals surface area (Å²) in [5.41, 5.74) is 4.32. The van der Waals surface area contributed by atoms with Gasteiger partial charge in [-0.25, -0.2) is 9.97 Å². The number of hydrogen-bond acceptors (Lipinski definition) is 4. The van der Waals surface area contributed by atoms with Crippen LogP contribution in [0.1, 0.15) is 16.7 Å². The van der Waals surface area contributed by atoms with Crippen molar-refractivity contribution in [3.63, 3.8) is 0 Å². The molecule has 0 spiro atoms. The lowest BCUT2D eigenvalue weighted by molar-refractivity contribution is 0.475. The van der Waals surface area contributed by atoms with E-state index in [2.05, 4.69) is 46.5 Å². The van der Waals surface area contributed by atoms with Gasteiger partial charge in [-0.3, -0.25) is 0 Å². The number of anilines is 2. The van der Waals surface area contributed by atoms with Gasteiger partial charge >= 0.3 is 0 Å². The van der Waals surface area contributed by atoms with Crippen molar-refractivity contribution in [1.29, 1.82) is 0 Å². The second-order valence-corrected chi connectivity index (χ2v) is 5.26. The number of phenolic OH excluding ortho intramolecular Hbond substituents is 1. The topological polar surface area (TPSA) is 58.0 Å². The van der Waals surface area contributed by atoms with Crippen LogP contribution >= 0.6 is 0 Å². The highest BCUT2D eigenvalue weighted by Crippen LogP contribution is 2.18. The van der Waals surface area contributed by atoms with Crippen molar-refractivity contribution in [1.82, 2.24) is 9.97 Å². The van der Waals surface area contributed by atoms with Crippen molar-refractivity contribution in [3.05, 3.63) is 77.6 Å². The van der Waals surface area contributed by atoms with Gasteiger partial charge in [0.25, 0.3) is 0 Å².